The number of ketones is 1. The van der Waals surface area contributed by atoms with Gasteiger partial charge in [-0.25, -0.2) is 0 Å². The van der Waals surface area contributed by atoms with E-state index >= 15 is 0 Å². The van der Waals surface area contributed by atoms with Crippen LogP contribution in [0.25, 0.3) is 0 Å². The van der Waals surface area contributed by atoms with Crippen LogP contribution in [-0.2, 0) is 9.53 Å². The maximum absolute atomic E-state index is 11.3. The number of ether oxygens (including phenoxy) is 1. The smallest absolute Gasteiger partial charge is 0.152 e. The number of rotatable bonds is 3. The van der Waals surface area contributed by atoms with Gasteiger partial charge in [0.1, 0.15) is 0 Å². The molecule has 0 aromatic carbocycles. The van der Waals surface area contributed by atoms with Gasteiger partial charge in [-0.05, 0) is 12.8 Å². The van der Waals surface area contributed by atoms with E-state index in [1.165, 1.54) is 0 Å². The average Bonchev–Trinajstić information content (AvgIpc) is 2.51. The molecule has 3 heteroatoms. The quantitative estimate of drug-likeness (QED) is 0.636. The normalized spacial score (nSPS) is 28.3. The summed E-state index contributed by atoms with van der Waals surface area (Å²) in [7, 11) is 0. The molecule has 1 saturated heterocycles. The van der Waals surface area contributed by atoms with Crippen molar-refractivity contribution in [2.45, 2.75) is 32.3 Å². The molecule has 0 aromatic heterocycles. The molecular weight excluding hydrogens is 154 g/mol. The first-order valence-corrected chi connectivity index (χ1v) is 4.30. The zero-order valence-electron chi connectivity index (χ0n) is 7.25. The molecule has 0 amide bonds. The van der Waals surface area contributed by atoms with E-state index in [9.17, 15) is 4.79 Å². The predicted molar refractivity (Wildman–Crippen MR) is 43.4 cm³/mol. The lowest BCUT2D eigenvalue weighted by Gasteiger charge is -2.13. The monoisotopic (exact) mass is 167 g/mol. The molecule has 1 heterocycles. The fraction of sp³-hybridized carbons (Fsp3) is 0.778. The Morgan fingerprint density at radius 3 is 3.08 bits per heavy atom. The maximum Gasteiger partial charge on any atom is 0.152 e. The van der Waals surface area contributed by atoms with E-state index in [1.807, 2.05) is 13.0 Å². The van der Waals surface area contributed by atoms with Crippen molar-refractivity contribution in [1.82, 2.24) is 0 Å². The number of carbonyl (C=O) groups excluding carboxylic acids is 1. The minimum atomic E-state index is -0.0188. The molecule has 1 aliphatic rings. The van der Waals surface area contributed by atoms with E-state index < -0.39 is 0 Å². The summed E-state index contributed by atoms with van der Waals surface area (Å²) in [6.07, 6.45) is 1.75. The van der Waals surface area contributed by atoms with Gasteiger partial charge < -0.3 is 4.74 Å². The highest BCUT2D eigenvalue weighted by Gasteiger charge is 2.31. The fourth-order valence-corrected chi connectivity index (χ4v) is 1.63. The van der Waals surface area contributed by atoms with Crippen LogP contribution in [0.1, 0.15) is 26.2 Å². The van der Waals surface area contributed by atoms with Crippen LogP contribution in [0.2, 0.25) is 0 Å². The molecule has 0 radical (unpaired) electrons. The van der Waals surface area contributed by atoms with E-state index in [0.717, 1.165) is 12.8 Å². The third-order valence-electron chi connectivity index (χ3n) is 2.28. The lowest BCUT2D eigenvalue weighted by molar-refractivity contribution is -0.123. The highest BCUT2D eigenvalue weighted by Crippen LogP contribution is 2.24. The van der Waals surface area contributed by atoms with E-state index in [0.29, 0.717) is 6.61 Å². The Morgan fingerprint density at radius 2 is 2.50 bits per heavy atom. The molecule has 2 unspecified atom stereocenters. The van der Waals surface area contributed by atoms with Crippen molar-refractivity contribution in [3.63, 3.8) is 0 Å². The van der Waals surface area contributed by atoms with Crippen LogP contribution in [0.5, 0.6) is 0 Å². The molecular formula is C9H13NO2. The summed E-state index contributed by atoms with van der Waals surface area (Å²) in [4.78, 5) is 11.3. The molecule has 0 saturated carbocycles. The summed E-state index contributed by atoms with van der Waals surface area (Å²) >= 11 is 0. The number of nitrogens with zero attached hydrogens (tertiary/aromatic N) is 1. The Hall–Kier alpha value is -0.880. The first kappa shape index (κ1) is 9.21. The van der Waals surface area contributed by atoms with E-state index in [4.69, 9.17) is 10.00 Å². The summed E-state index contributed by atoms with van der Waals surface area (Å²) in [5.41, 5.74) is 0. The highest BCUT2D eigenvalue weighted by molar-refractivity contribution is 5.83. The number of Topliss-reactive ketones (excluding diaryl/α,β-unsaturated/α-hetero) is 1. The Morgan fingerprint density at radius 1 is 1.75 bits per heavy atom. The molecule has 1 aliphatic heterocycles. The standard InChI is InChI=1S/C9H13NO2/c1-2-9-7(4-6-12-9)8(11)3-5-10/h7,9H,2-4,6H2,1H3. The minimum Gasteiger partial charge on any atom is -0.377 e. The van der Waals surface area contributed by atoms with Gasteiger partial charge in [0, 0.05) is 12.5 Å². The summed E-state index contributed by atoms with van der Waals surface area (Å²) in [5.74, 6) is 0.0245. The molecule has 0 spiro atoms. The Kier molecular flexibility index (Phi) is 3.24. The van der Waals surface area contributed by atoms with E-state index in [2.05, 4.69) is 0 Å². The second-order valence-electron chi connectivity index (χ2n) is 3.01. The van der Waals surface area contributed by atoms with Crippen LogP contribution in [0.3, 0.4) is 0 Å². The van der Waals surface area contributed by atoms with Gasteiger partial charge in [-0.3, -0.25) is 4.79 Å². The number of nitriles is 1. The van der Waals surface area contributed by atoms with E-state index in [-0.39, 0.29) is 24.2 Å². The van der Waals surface area contributed by atoms with Crippen LogP contribution in [-0.4, -0.2) is 18.5 Å². The lowest BCUT2D eigenvalue weighted by atomic mass is 9.93. The van der Waals surface area contributed by atoms with Crippen molar-refractivity contribution >= 4 is 5.78 Å². The number of hydrogen-bond donors (Lipinski definition) is 0. The van der Waals surface area contributed by atoms with Crippen molar-refractivity contribution in [3.05, 3.63) is 0 Å². The zero-order valence-corrected chi connectivity index (χ0v) is 7.25. The van der Waals surface area contributed by atoms with Gasteiger partial charge in [0.15, 0.2) is 5.78 Å². The Balaban J connectivity index is 2.50. The fourth-order valence-electron chi connectivity index (χ4n) is 1.63. The minimum absolute atomic E-state index is 0.0188. The highest BCUT2D eigenvalue weighted by atomic mass is 16.5. The Bertz CT molecular complexity index is 207. The summed E-state index contributed by atoms with van der Waals surface area (Å²) in [6.45, 7) is 2.67. The molecule has 1 rings (SSSR count). The average molecular weight is 167 g/mol. The zero-order chi connectivity index (χ0) is 8.97. The first-order chi connectivity index (χ1) is 5.79. The lowest BCUT2D eigenvalue weighted by Crippen LogP contribution is -2.23. The molecule has 66 valence electrons. The second-order valence-corrected chi connectivity index (χ2v) is 3.01. The van der Waals surface area contributed by atoms with Crippen LogP contribution in [0.4, 0.5) is 0 Å². The van der Waals surface area contributed by atoms with Crippen molar-refractivity contribution in [2.24, 2.45) is 5.92 Å². The topological polar surface area (TPSA) is 50.1 Å². The van der Waals surface area contributed by atoms with Crippen LogP contribution < -0.4 is 0 Å². The Labute approximate surface area is 72.3 Å². The van der Waals surface area contributed by atoms with Gasteiger partial charge in [0.05, 0.1) is 18.6 Å². The van der Waals surface area contributed by atoms with Crippen molar-refractivity contribution in [1.29, 1.82) is 5.26 Å². The molecule has 3 nitrogen and oxygen atoms in total. The third-order valence-corrected chi connectivity index (χ3v) is 2.28. The largest absolute Gasteiger partial charge is 0.377 e. The number of hydrogen-bond acceptors (Lipinski definition) is 3. The summed E-state index contributed by atoms with van der Waals surface area (Å²) in [5, 5.41) is 8.34. The van der Waals surface area contributed by atoms with Gasteiger partial charge >= 0.3 is 0 Å². The molecule has 0 bridgehead atoms. The second kappa shape index (κ2) is 4.22. The first-order valence-electron chi connectivity index (χ1n) is 4.30. The molecule has 0 aliphatic carbocycles. The van der Waals surface area contributed by atoms with Crippen LogP contribution in [0, 0.1) is 17.2 Å². The molecule has 12 heavy (non-hydrogen) atoms. The van der Waals surface area contributed by atoms with Gasteiger partial charge in [-0.1, -0.05) is 6.92 Å². The third kappa shape index (κ3) is 1.83. The number of carbonyl (C=O) groups is 1. The van der Waals surface area contributed by atoms with Gasteiger partial charge in [-0.15, -0.1) is 0 Å². The van der Waals surface area contributed by atoms with Gasteiger partial charge in [0.2, 0.25) is 0 Å². The SMILES string of the molecule is CCC1OCCC1C(=O)CC#N. The summed E-state index contributed by atoms with van der Waals surface area (Å²) in [6, 6.07) is 1.88. The summed E-state index contributed by atoms with van der Waals surface area (Å²) < 4.78 is 5.35. The maximum atomic E-state index is 11.3. The van der Waals surface area contributed by atoms with Crippen LogP contribution >= 0.6 is 0 Å². The van der Waals surface area contributed by atoms with Crippen molar-refractivity contribution in [2.75, 3.05) is 6.61 Å². The van der Waals surface area contributed by atoms with Gasteiger partial charge in [0.25, 0.3) is 0 Å². The molecule has 1 fully saturated rings. The molecule has 0 aromatic rings. The molecule has 2 atom stereocenters. The van der Waals surface area contributed by atoms with Gasteiger partial charge in [-0.2, -0.15) is 5.26 Å². The predicted octanol–water partition coefficient (Wildman–Crippen LogP) is 1.28. The van der Waals surface area contributed by atoms with Crippen LogP contribution in [0.15, 0.2) is 0 Å². The van der Waals surface area contributed by atoms with Crippen molar-refractivity contribution < 1.29 is 9.53 Å². The van der Waals surface area contributed by atoms with Crippen molar-refractivity contribution in [3.8, 4) is 6.07 Å². The molecule has 0 N–H and O–H groups in total. The van der Waals surface area contributed by atoms with E-state index in [1.54, 1.807) is 0 Å².